The number of fused-ring (bicyclic) bond motifs is 1. The van der Waals surface area contributed by atoms with E-state index in [9.17, 15) is 0 Å². The summed E-state index contributed by atoms with van der Waals surface area (Å²) in [7, 11) is 2.26. The average Bonchev–Trinajstić information content (AvgIpc) is 2.50. The van der Waals surface area contributed by atoms with Crippen molar-refractivity contribution in [3.63, 3.8) is 0 Å². The molecule has 1 heterocycles. The first-order chi connectivity index (χ1) is 8.71. The van der Waals surface area contributed by atoms with Gasteiger partial charge in [0, 0.05) is 24.2 Å². The van der Waals surface area contributed by atoms with Crippen molar-refractivity contribution in [1.82, 2.24) is 0 Å². The van der Waals surface area contributed by atoms with Crippen molar-refractivity contribution >= 4 is 23.0 Å². The van der Waals surface area contributed by atoms with Gasteiger partial charge in [0.25, 0.3) is 0 Å². The number of halogens is 1. The van der Waals surface area contributed by atoms with Gasteiger partial charge in [-0.15, -0.1) is 0 Å². The Bertz CT molecular complexity index is 438. The Labute approximate surface area is 114 Å². The molecule has 2 nitrogen and oxygen atoms in total. The molecule has 2 aliphatic rings. The molecule has 0 amide bonds. The van der Waals surface area contributed by atoms with Crippen LogP contribution in [-0.4, -0.2) is 19.1 Å². The Morgan fingerprint density at radius 2 is 1.94 bits per heavy atom. The molecule has 1 saturated carbocycles. The van der Waals surface area contributed by atoms with Crippen LogP contribution >= 0.6 is 11.6 Å². The molecule has 1 spiro atoms. The monoisotopic (exact) mass is 264 g/mol. The van der Waals surface area contributed by atoms with Gasteiger partial charge in [0.05, 0.1) is 11.4 Å². The topological polar surface area (TPSA) is 15.3 Å². The van der Waals surface area contributed by atoms with Crippen LogP contribution in [0.1, 0.15) is 38.5 Å². The molecule has 98 valence electrons. The number of nitrogens with zero attached hydrogens (tertiary/aromatic N) is 1. The first kappa shape index (κ1) is 12.2. The minimum atomic E-state index is 0.365. The van der Waals surface area contributed by atoms with Gasteiger partial charge in [-0.2, -0.15) is 0 Å². The average molecular weight is 265 g/mol. The molecule has 3 rings (SSSR count). The van der Waals surface area contributed by atoms with Crippen LogP contribution in [0.5, 0.6) is 0 Å². The van der Waals surface area contributed by atoms with Crippen molar-refractivity contribution in [3.8, 4) is 0 Å². The predicted molar refractivity (Wildman–Crippen MR) is 78.8 cm³/mol. The Morgan fingerprint density at radius 1 is 1.17 bits per heavy atom. The number of benzene rings is 1. The van der Waals surface area contributed by atoms with Crippen molar-refractivity contribution in [2.24, 2.45) is 0 Å². The summed E-state index contributed by atoms with van der Waals surface area (Å²) in [5.74, 6) is 0. The normalized spacial score (nSPS) is 22.2. The lowest BCUT2D eigenvalue weighted by atomic mass is 9.78. The summed E-state index contributed by atoms with van der Waals surface area (Å²) >= 11 is 6.10. The highest BCUT2D eigenvalue weighted by atomic mass is 35.5. The van der Waals surface area contributed by atoms with Gasteiger partial charge in [-0.1, -0.05) is 30.9 Å². The van der Waals surface area contributed by atoms with E-state index in [4.69, 9.17) is 11.6 Å². The maximum Gasteiger partial charge on any atom is 0.0605 e. The summed E-state index contributed by atoms with van der Waals surface area (Å²) in [6.45, 7) is 1.05. The van der Waals surface area contributed by atoms with E-state index in [1.807, 2.05) is 6.07 Å². The quantitative estimate of drug-likeness (QED) is 0.752. The molecule has 0 unspecified atom stereocenters. The number of nitrogens with one attached hydrogen (secondary N) is 1. The van der Waals surface area contributed by atoms with E-state index in [0.717, 1.165) is 11.6 Å². The van der Waals surface area contributed by atoms with E-state index >= 15 is 0 Å². The highest BCUT2D eigenvalue weighted by Crippen LogP contribution is 2.43. The minimum absolute atomic E-state index is 0.365. The summed E-state index contributed by atoms with van der Waals surface area (Å²) in [6, 6.07) is 6.21. The molecule has 0 radical (unpaired) electrons. The zero-order valence-electron chi connectivity index (χ0n) is 11.0. The molecule has 0 aromatic heterocycles. The lowest BCUT2D eigenvalue weighted by Crippen LogP contribution is -2.48. The van der Waals surface area contributed by atoms with Crippen molar-refractivity contribution in [1.29, 1.82) is 0 Å². The standard InChI is InChI=1S/C15H21ClN2/c1-18-14-6-5-12(16)11-13(14)17-10-9-15(18)7-3-2-4-8-15/h5-6,11,17H,2-4,7-10H2,1H3. The minimum Gasteiger partial charge on any atom is -0.383 e. The Balaban J connectivity index is 1.99. The lowest BCUT2D eigenvalue weighted by molar-refractivity contribution is 0.274. The summed E-state index contributed by atoms with van der Waals surface area (Å²) in [6.07, 6.45) is 8.02. The molecule has 1 N–H and O–H groups in total. The molecule has 1 aromatic rings. The largest absolute Gasteiger partial charge is 0.383 e. The van der Waals surface area contributed by atoms with Gasteiger partial charge in [0.2, 0.25) is 0 Å². The third-order valence-electron chi connectivity index (χ3n) is 4.72. The SMILES string of the molecule is CN1c2ccc(Cl)cc2NCCC12CCCCC2. The van der Waals surface area contributed by atoms with Gasteiger partial charge in [-0.25, -0.2) is 0 Å². The summed E-state index contributed by atoms with van der Waals surface area (Å²) in [4.78, 5) is 2.51. The van der Waals surface area contributed by atoms with Gasteiger partial charge in [-0.3, -0.25) is 0 Å². The first-order valence-corrected chi connectivity index (χ1v) is 7.36. The summed E-state index contributed by atoms with van der Waals surface area (Å²) in [5, 5.41) is 4.36. The second-order valence-corrected chi connectivity index (χ2v) is 6.12. The second-order valence-electron chi connectivity index (χ2n) is 5.68. The zero-order chi connectivity index (χ0) is 12.6. The van der Waals surface area contributed by atoms with Crippen molar-refractivity contribution in [2.45, 2.75) is 44.1 Å². The molecule has 3 heteroatoms. The second kappa shape index (κ2) is 4.65. The molecular weight excluding hydrogens is 244 g/mol. The maximum atomic E-state index is 6.10. The molecule has 1 aliphatic heterocycles. The van der Waals surface area contributed by atoms with Crippen LogP contribution in [0.3, 0.4) is 0 Å². The van der Waals surface area contributed by atoms with E-state index in [0.29, 0.717) is 5.54 Å². The van der Waals surface area contributed by atoms with Gasteiger partial charge in [0.1, 0.15) is 0 Å². The van der Waals surface area contributed by atoms with Crippen LogP contribution in [0.25, 0.3) is 0 Å². The molecule has 1 fully saturated rings. The molecule has 0 atom stereocenters. The van der Waals surface area contributed by atoms with Crippen LogP contribution in [-0.2, 0) is 0 Å². The Hall–Kier alpha value is -0.890. The van der Waals surface area contributed by atoms with E-state index in [1.165, 1.54) is 49.9 Å². The van der Waals surface area contributed by atoms with E-state index in [-0.39, 0.29) is 0 Å². The number of rotatable bonds is 0. The number of hydrogen-bond donors (Lipinski definition) is 1. The van der Waals surface area contributed by atoms with Gasteiger partial charge >= 0.3 is 0 Å². The molecule has 0 saturated heterocycles. The van der Waals surface area contributed by atoms with Crippen molar-refractivity contribution in [3.05, 3.63) is 23.2 Å². The van der Waals surface area contributed by atoms with E-state index < -0.39 is 0 Å². The molecular formula is C15H21ClN2. The Kier molecular flexibility index (Phi) is 3.14. The highest BCUT2D eigenvalue weighted by molar-refractivity contribution is 6.31. The van der Waals surface area contributed by atoms with Gasteiger partial charge in [0.15, 0.2) is 0 Å². The van der Waals surface area contributed by atoms with Gasteiger partial charge < -0.3 is 10.2 Å². The molecule has 0 bridgehead atoms. The zero-order valence-corrected chi connectivity index (χ0v) is 11.8. The van der Waals surface area contributed by atoms with Crippen LogP contribution in [0.2, 0.25) is 5.02 Å². The summed E-state index contributed by atoms with van der Waals surface area (Å²) in [5.41, 5.74) is 2.86. The fraction of sp³-hybridized carbons (Fsp3) is 0.600. The molecule has 1 aromatic carbocycles. The van der Waals surface area contributed by atoms with Gasteiger partial charge in [-0.05, 0) is 37.5 Å². The maximum absolute atomic E-state index is 6.10. The number of anilines is 2. The van der Waals surface area contributed by atoms with E-state index in [1.54, 1.807) is 0 Å². The molecule has 18 heavy (non-hydrogen) atoms. The van der Waals surface area contributed by atoms with Crippen molar-refractivity contribution in [2.75, 3.05) is 23.8 Å². The highest BCUT2D eigenvalue weighted by Gasteiger charge is 2.37. The third-order valence-corrected chi connectivity index (χ3v) is 4.96. The fourth-order valence-electron chi connectivity index (χ4n) is 3.59. The van der Waals surface area contributed by atoms with Crippen LogP contribution in [0, 0.1) is 0 Å². The molecule has 1 aliphatic carbocycles. The summed E-state index contributed by atoms with van der Waals surface area (Å²) < 4.78 is 0. The van der Waals surface area contributed by atoms with Crippen LogP contribution in [0.4, 0.5) is 11.4 Å². The lowest BCUT2D eigenvalue weighted by Gasteiger charge is -2.45. The smallest absolute Gasteiger partial charge is 0.0605 e. The van der Waals surface area contributed by atoms with Crippen LogP contribution in [0.15, 0.2) is 18.2 Å². The predicted octanol–water partition coefficient (Wildman–Crippen LogP) is 4.29. The van der Waals surface area contributed by atoms with E-state index in [2.05, 4.69) is 29.4 Å². The third kappa shape index (κ3) is 1.97. The van der Waals surface area contributed by atoms with Crippen molar-refractivity contribution < 1.29 is 0 Å². The van der Waals surface area contributed by atoms with Crippen LogP contribution < -0.4 is 10.2 Å². The fourth-order valence-corrected chi connectivity index (χ4v) is 3.76. The number of hydrogen-bond acceptors (Lipinski definition) is 2. The first-order valence-electron chi connectivity index (χ1n) is 6.99. The Morgan fingerprint density at radius 3 is 2.72 bits per heavy atom.